The van der Waals surface area contributed by atoms with E-state index >= 15 is 0 Å². The standard InChI is InChI=1S/C18H26N2O/c1-14-19-17(12-11-15-7-3-2-4-8-15)18(21)20(14)13-16-9-5-6-10-16/h2-4,7-8,14,16-17,19H,5-6,9-13H2,1H3. The van der Waals surface area contributed by atoms with Crippen LogP contribution >= 0.6 is 0 Å². The van der Waals surface area contributed by atoms with E-state index in [0.29, 0.717) is 5.91 Å². The minimum absolute atomic E-state index is 0.00149. The molecular weight excluding hydrogens is 260 g/mol. The SMILES string of the molecule is CC1NC(CCc2ccccc2)C(=O)N1CC1CCCC1. The van der Waals surface area contributed by atoms with E-state index in [1.54, 1.807) is 0 Å². The summed E-state index contributed by atoms with van der Waals surface area (Å²) in [4.78, 5) is 14.7. The summed E-state index contributed by atoms with van der Waals surface area (Å²) in [7, 11) is 0. The van der Waals surface area contributed by atoms with Gasteiger partial charge in [-0.3, -0.25) is 10.1 Å². The Balaban J connectivity index is 1.54. The minimum Gasteiger partial charge on any atom is -0.326 e. The Hall–Kier alpha value is -1.35. The van der Waals surface area contributed by atoms with E-state index in [0.717, 1.165) is 25.3 Å². The maximum Gasteiger partial charge on any atom is 0.241 e. The Kier molecular flexibility index (Phi) is 4.59. The number of aryl methyl sites for hydroxylation is 1. The number of hydrogen-bond acceptors (Lipinski definition) is 2. The Morgan fingerprint density at radius 2 is 1.90 bits per heavy atom. The molecule has 0 radical (unpaired) electrons. The van der Waals surface area contributed by atoms with Crippen molar-refractivity contribution in [2.24, 2.45) is 5.92 Å². The molecule has 0 bridgehead atoms. The zero-order valence-corrected chi connectivity index (χ0v) is 12.9. The van der Waals surface area contributed by atoms with Crippen molar-refractivity contribution in [1.82, 2.24) is 10.2 Å². The van der Waals surface area contributed by atoms with Gasteiger partial charge in [0.25, 0.3) is 0 Å². The van der Waals surface area contributed by atoms with E-state index in [1.165, 1.54) is 31.2 Å². The zero-order chi connectivity index (χ0) is 14.7. The van der Waals surface area contributed by atoms with E-state index in [-0.39, 0.29) is 12.2 Å². The van der Waals surface area contributed by atoms with Crippen molar-refractivity contribution in [2.45, 2.75) is 57.7 Å². The van der Waals surface area contributed by atoms with Crippen molar-refractivity contribution in [2.75, 3.05) is 6.54 Å². The highest BCUT2D eigenvalue weighted by Crippen LogP contribution is 2.27. The molecule has 3 nitrogen and oxygen atoms in total. The largest absolute Gasteiger partial charge is 0.326 e. The summed E-state index contributed by atoms with van der Waals surface area (Å²) < 4.78 is 0. The zero-order valence-electron chi connectivity index (χ0n) is 12.9. The molecule has 1 saturated heterocycles. The predicted molar refractivity (Wildman–Crippen MR) is 84.8 cm³/mol. The molecule has 0 spiro atoms. The highest BCUT2D eigenvalue weighted by atomic mass is 16.2. The first kappa shape index (κ1) is 14.6. The van der Waals surface area contributed by atoms with Crippen LogP contribution in [-0.2, 0) is 11.2 Å². The van der Waals surface area contributed by atoms with Gasteiger partial charge in [0, 0.05) is 6.54 Å². The van der Waals surface area contributed by atoms with Gasteiger partial charge >= 0.3 is 0 Å². The van der Waals surface area contributed by atoms with Crippen LogP contribution in [0.2, 0.25) is 0 Å². The molecule has 21 heavy (non-hydrogen) atoms. The predicted octanol–water partition coefficient (Wildman–Crippen LogP) is 2.96. The van der Waals surface area contributed by atoms with Crippen LogP contribution in [0.15, 0.2) is 30.3 Å². The molecule has 3 rings (SSSR count). The molecule has 1 aliphatic heterocycles. The van der Waals surface area contributed by atoms with Crippen LogP contribution in [0.4, 0.5) is 0 Å². The number of carbonyl (C=O) groups is 1. The van der Waals surface area contributed by atoms with E-state index in [9.17, 15) is 4.79 Å². The number of carbonyl (C=O) groups excluding carboxylic acids is 1. The summed E-state index contributed by atoms with van der Waals surface area (Å²) in [5.41, 5.74) is 1.31. The number of hydrogen-bond donors (Lipinski definition) is 1. The molecule has 1 aromatic rings. The molecule has 2 unspecified atom stereocenters. The smallest absolute Gasteiger partial charge is 0.241 e. The van der Waals surface area contributed by atoms with Crippen molar-refractivity contribution >= 4 is 5.91 Å². The molecule has 2 atom stereocenters. The van der Waals surface area contributed by atoms with E-state index < -0.39 is 0 Å². The third-order valence-electron chi connectivity index (χ3n) is 4.99. The molecule has 1 saturated carbocycles. The molecule has 2 fully saturated rings. The Morgan fingerprint density at radius 3 is 2.62 bits per heavy atom. The van der Waals surface area contributed by atoms with E-state index in [2.05, 4.69) is 41.4 Å². The second-order valence-electron chi connectivity index (χ2n) is 6.56. The molecule has 1 N–H and O–H groups in total. The average Bonchev–Trinajstić information content (AvgIpc) is 3.10. The highest BCUT2D eigenvalue weighted by Gasteiger charge is 2.37. The van der Waals surface area contributed by atoms with Gasteiger partial charge in [-0.1, -0.05) is 43.2 Å². The summed E-state index contributed by atoms with van der Waals surface area (Å²) in [5, 5.41) is 3.47. The maximum absolute atomic E-state index is 12.6. The van der Waals surface area contributed by atoms with Gasteiger partial charge in [-0.2, -0.15) is 0 Å². The van der Waals surface area contributed by atoms with Crippen LogP contribution < -0.4 is 5.32 Å². The summed E-state index contributed by atoms with van der Waals surface area (Å²) >= 11 is 0. The summed E-state index contributed by atoms with van der Waals surface area (Å²) in [6.45, 7) is 3.07. The second-order valence-corrected chi connectivity index (χ2v) is 6.56. The number of nitrogens with zero attached hydrogens (tertiary/aromatic N) is 1. The monoisotopic (exact) mass is 286 g/mol. The third-order valence-corrected chi connectivity index (χ3v) is 4.99. The quantitative estimate of drug-likeness (QED) is 0.902. The van der Waals surface area contributed by atoms with Gasteiger partial charge in [-0.05, 0) is 44.1 Å². The number of rotatable bonds is 5. The van der Waals surface area contributed by atoms with Crippen molar-refractivity contribution in [1.29, 1.82) is 0 Å². The van der Waals surface area contributed by atoms with Crippen LogP contribution in [0.25, 0.3) is 0 Å². The number of amides is 1. The lowest BCUT2D eigenvalue weighted by molar-refractivity contribution is -0.130. The highest BCUT2D eigenvalue weighted by molar-refractivity contribution is 5.84. The van der Waals surface area contributed by atoms with Gasteiger partial charge in [-0.15, -0.1) is 0 Å². The Labute approximate surface area is 127 Å². The third kappa shape index (κ3) is 3.46. The minimum atomic E-state index is 0.00149. The summed E-state index contributed by atoms with van der Waals surface area (Å²) in [5.74, 6) is 1.04. The molecule has 1 aliphatic carbocycles. The lowest BCUT2D eigenvalue weighted by Gasteiger charge is -2.24. The molecule has 1 heterocycles. The molecule has 1 aromatic carbocycles. The van der Waals surface area contributed by atoms with Gasteiger partial charge in [0.1, 0.15) is 0 Å². The van der Waals surface area contributed by atoms with Gasteiger partial charge in [0.2, 0.25) is 5.91 Å². The normalized spacial score (nSPS) is 26.7. The van der Waals surface area contributed by atoms with Crippen molar-refractivity contribution in [3.05, 3.63) is 35.9 Å². The summed E-state index contributed by atoms with van der Waals surface area (Å²) in [6.07, 6.45) is 7.33. The first-order valence-corrected chi connectivity index (χ1v) is 8.34. The van der Waals surface area contributed by atoms with Gasteiger partial charge in [-0.25, -0.2) is 0 Å². The number of nitrogens with one attached hydrogen (secondary N) is 1. The second kappa shape index (κ2) is 6.61. The van der Waals surface area contributed by atoms with Crippen LogP contribution in [0, 0.1) is 5.92 Å². The fraction of sp³-hybridized carbons (Fsp3) is 0.611. The Bertz CT molecular complexity index is 467. The molecule has 2 aliphatic rings. The Morgan fingerprint density at radius 1 is 1.19 bits per heavy atom. The average molecular weight is 286 g/mol. The van der Waals surface area contributed by atoms with E-state index in [4.69, 9.17) is 0 Å². The lowest BCUT2D eigenvalue weighted by atomic mass is 10.0. The molecule has 0 aromatic heterocycles. The van der Waals surface area contributed by atoms with Gasteiger partial charge in [0.15, 0.2) is 0 Å². The molecule has 114 valence electrons. The van der Waals surface area contributed by atoms with Crippen LogP contribution in [0.1, 0.15) is 44.6 Å². The van der Waals surface area contributed by atoms with Gasteiger partial charge < -0.3 is 4.90 Å². The number of benzene rings is 1. The first-order chi connectivity index (χ1) is 10.2. The summed E-state index contributed by atoms with van der Waals surface area (Å²) in [6, 6.07) is 10.4. The van der Waals surface area contributed by atoms with E-state index in [1.807, 2.05) is 6.07 Å². The van der Waals surface area contributed by atoms with Gasteiger partial charge in [0.05, 0.1) is 12.2 Å². The maximum atomic E-state index is 12.6. The fourth-order valence-electron chi connectivity index (χ4n) is 3.73. The van der Waals surface area contributed by atoms with Crippen molar-refractivity contribution < 1.29 is 4.79 Å². The molecule has 3 heteroatoms. The van der Waals surface area contributed by atoms with Crippen LogP contribution in [-0.4, -0.2) is 29.6 Å². The molecule has 1 amide bonds. The molecular formula is C18H26N2O. The van der Waals surface area contributed by atoms with Crippen LogP contribution in [0.3, 0.4) is 0 Å². The first-order valence-electron chi connectivity index (χ1n) is 8.34. The topological polar surface area (TPSA) is 32.3 Å². The lowest BCUT2D eigenvalue weighted by Crippen LogP contribution is -2.37. The van der Waals surface area contributed by atoms with Crippen molar-refractivity contribution in [3.8, 4) is 0 Å². The van der Waals surface area contributed by atoms with Crippen LogP contribution in [0.5, 0.6) is 0 Å². The van der Waals surface area contributed by atoms with Crippen molar-refractivity contribution in [3.63, 3.8) is 0 Å². The fourth-order valence-corrected chi connectivity index (χ4v) is 3.73.